The number of ether oxygens (including phenoxy) is 2. The van der Waals surface area contributed by atoms with E-state index in [9.17, 15) is 4.79 Å². The van der Waals surface area contributed by atoms with Gasteiger partial charge in [0.25, 0.3) is 0 Å². The largest absolute Gasteiger partial charge is 0.495 e. The molecular formula is C23H29N7O3. The number of hydrogen-bond acceptors (Lipinski definition) is 8. The number of carbonyl (C=O) groups excluding carboxylic acids is 1. The number of amides is 1. The van der Waals surface area contributed by atoms with Crippen molar-refractivity contribution in [2.24, 2.45) is 0 Å². The van der Waals surface area contributed by atoms with Crippen LogP contribution in [0, 0.1) is 0 Å². The monoisotopic (exact) mass is 451 g/mol. The van der Waals surface area contributed by atoms with Crippen LogP contribution >= 0.6 is 0 Å². The first-order valence-corrected chi connectivity index (χ1v) is 11.2. The van der Waals surface area contributed by atoms with E-state index in [1.165, 1.54) is 11.1 Å². The summed E-state index contributed by atoms with van der Waals surface area (Å²) in [6.45, 7) is 5.75. The molecular weight excluding hydrogens is 422 g/mol. The van der Waals surface area contributed by atoms with Crippen molar-refractivity contribution in [3.63, 3.8) is 0 Å². The third kappa shape index (κ3) is 4.49. The van der Waals surface area contributed by atoms with Gasteiger partial charge < -0.3 is 24.6 Å². The zero-order chi connectivity index (χ0) is 22.9. The molecule has 0 bridgehead atoms. The van der Waals surface area contributed by atoms with E-state index < -0.39 is 0 Å². The molecule has 1 aromatic carbocycles. The number of nitrogens with zero attached hydrogens (tertiary/aromatic N) is 6. The van der Waals surface area contributed by atoms with Crippen molar-refractivity contribution < 1.29 is 14.3 Å². The van der Waals surface area contributed by atoms with Crippen LogP contribution in [0.25, 0.3) is 11.0 Å². The van der Waals surface area contributed by atoms with Crippen molar-refractivity contribution in [2.45, 2.75) is 32.5 Å². The van der Waals surface area contributed by atoms with Crippen molar-refractivity contribution in [3.05, 3.63) is 35.7 Å². The van der Waals surface area contributed by atoms with E-state index in [1.807, 2.05) is 9.58 Å². The van der Waals surface area contributed by atoms with Gasteiger partial charge in [0.2, 0.25) is 11.9 Å². The maximum atomic E-state index is 11.7. The predicted octanol–water partition coefficient (Wildman–Crippen LogP) is 1.81. The summed E-state index contributed by atoms with van der Waals surface area (Å²) in [7, 11) is 3.81. The Morgan fingerprint density at radius 1 is 1.27 bits per heavy atom. The number of methoxy groups -OCH3 is 1. The number of likely N-dealkylation sites (N-methyl/N-ethyl adjacent to an activating group) is 1. The minimum Gasteiger partial charge on any atom is -0.495 e. The van der Waals surface area contributed by atoms with Gasteiger partial charge in [-0.25, -0.2) is 9.67 Å². The molecule has 3 aromatic rings. The molecule has 1 amide bonds. The molecule has 1 atom stereocenters. The second-order valence-corrected chi connectivity index (χ2v) is 8.69. The fraction of sp³-hybridized carbons (Fsp3) is 0.478. The molecule has 4 heterocycles. The van der Waals surface area contributed by atoms with E-state index in [-0.39, 0.29) is 12.0 Å². The molecule has 1 saturated heterocycles. The first kappa shape index (κ1) is 21.6. The summed E-state index contributed by atoms with van der Waals surface area (Å²) in [6, 6.07) is 4.23. The molecule has 0 spiro atoms. The number of hydrogen-bond donors (Lipinski definition) is 1. The summed E-state index contributed by atoms with van der Waals surface area (Å²) >= 11 is 0. The second-order valence-electron chi connectivity index (χ2n) is 8.69. The van der Waals surface area contributed by atoms with Gasteiger partial charge in [-0.1, -0.05) is 0 Å². The van der Waals surface area contributed by atoms with Crippen LogP contribution in [0.5, 0.6) is 5.75 Å². The normalized spacial score (nSPS) is 18.9. The van der Waals surface area contributed by atoms with Crippen LogP contribution in [0.2, 0.25) is 0 Å². The number of anilines is 2. The van der Waals surface area contributed by atoms with Gasteiger partial charge in [0.15, 0.2) is 5.65 Å². The zero-order valence-corrected chi connectivity index (χ0v) is 19.2. The second kappa shape index (κ2) is 8.95. The van der Waals surface area contributed by atoms with Gasteiger partial charge in [0.1, 0.15) is 5.75 Å². The van der Waals surface area contributed by atoms with Gasteiger partial charge in [0.05, 0.1) is 43.6 Å². The lowest BCUT2D eigenvalue weighted by Gasteiger charge is -2.32. The van der Waals surface area contributed by atoms with E-state index in [2.05, 4.69) is 39.5 Å². The Bertz CT molecular complexity index is 1180. The van der Waals surface area contributed by atoms with Crippen molar-refractivity contribution in [2.75, 3.05) is 45.7 Å². The first-order chi connectivity index (χ1) is 16.0. The van der Waals surface area contributed by atoms with Crippen LogP contribution in [0.4, 0.5) is 11.6 Å². The van der Waals surface area contributed by atoms with Crippen LogP contribution in [-0.4, -0.2) is 82.0 Å². The highest BCUT2D eigenvalue weighted by molar-refractivity contribution is 5.76. The molecule has 1 fully saturated rings. The molecule has 0 unspecified atom stereocenters. The quantitative estimate of drug-likeness (QED) is 0.627. The molecule has 2 aromatic heterocycles. The molecule has 2 aliphatic heterocycles. The van der Waals surface area contributed by atoms with Crippen LogP contribution < -0.4 is 10.1 Å². The predicted molar refractivity (Wildman–Crippen MR) is 124 cm³/mol. The summed E-state index contributed by atoms with van der Waals surface area (Å²) in [5.41, 5.74) is 4.15. The number of morpholine rings is 1. The third-order valence-corrected chi connectivity index (χ3v) is 6.31. The average Bonchev–Trinajstić information content (AvgIpc) is 3.20. The van der Waals surface area contributed by atoms with Crippen LogP contribution in [-0.2, 0) is 29.0 Å². The number of carbonyl (C=O) groups is 1. The lowest BCUT2D eigenvalue weighted by atomic mass is 9.99. The van der Waals surface area contributed by atoms with E-state index in [1.54, 1.807) is 26.4 Å². The van der Waals surface area contributed by atoms with Crippen molar-refractivity contribution in [1.82, 2.24) is 29.5 Å². The fourth-order valence-corrected chi connectivity index (χ4v) is 4.48. The summed E-state index contributed by atoms with van der Waals surface area (Å²) < 4.78 is 13.3. The minimum absolute atomic E-state index is 0.0626. The minimum atomic E-state index is -0.130. The van der Waals surface area contributed by atoms with Gasteiger partial charge in [-0.15, -0.1) is 0 Å². The molecule has 10 heteroatoms. The van der Waals surface area contributed by atoms with Gasteiger partial charge in [-0.3, -0.25) is 4.79 Å². The molecule has 2 aliphatic rings. The Morgan fingerprint density at radius 3 is 2.97 bits per heavy atom. The van der Waals surface area contributed by atoms with Crippen LogP contribution in [0.3, 0.4) is 0 Å². The fourth-order valence-electron chi connectivity index (χ4n) is 4.48. The maximum Gasteiger partial charge on any atom is 0.229 e. The molecule has 33 heavy (non-hydrogen) atoms. The lowest BCUT2D eigenvalue weighted by Crippen LogP contribution is -2.46. The lowest BCUT2D eigenvalue weighted by molar-refractivity contribution is -0.136. The van der Waals surface area contributed by atoms with Crippen molar-refractivity contribution >= 4 is 28.6 Å². The summed E-state index contributed by atoms with van der Waals surface area (Å²) in [5, 5.41) is 8.66. The Kier molecular flexibility index (Phi) is 5.86. The molecule has 174 valence electrons. The standard InChI is InChI=1S/C23H29N7O3/c1-15(31)29-6-7-33-19(13-29)14-30-22-18(11-25-30)10-24-23(27-22)26-20-8-17-12-28(2)5-4-16(17)9-21(20)32-3/h8-11,19H,4-7,12-14H2,1-3H3,(H,24,26,27)/t19-/m1/s1. The van der Waals surface area contributed by atoms with E-state index >= 15 is 0 Å². The van der Waals surface area contributed by atoms with Crippen LogP contribution in [0.15, 0.2) is 24.5 Å². The zero-order valence-electron chi connectivity index (χ0n) is 19.2. The molecule has 10 nitrogen and oxygen atoms in total. The van der Waals surface area contributed by atoms with Gasteiger partial charge in [-0.2, -0.15) is 10.1 Å². The summed E-state index contributed by atoms with van der Waals surface area (Å²) in [6.07, 6.45) is 4.39. The SMILES string of the molecule is COc1cc2c(cc1Nc1ncc3cnn(C[C@H]4CN(C(C)=O)CCO4)c3n1)CN(C)CC2. The topological polar surface area (TPSA) is 97.6 Å². The molecule has 5 rings (SSSR count). The number of benzene rings is 1. The van der Waals surface area contributed by atoms with E-state index in [0.717, 1.165) is 36.3 Å². The Morgan fingerprint density at radius 2 is 2.15 bits per heavy atom. The average molecular weight is 452 g/mol. The van der Waals surface area contributed by atoms with Crippen molar-refractivity contribution in [1.29, 1.82) is 0 Å². The Hall–Kier alpha value is -3.24. The number of rotatable bonds is 5. The van der Waals surface area contributed by atoms with Gasteiger partial charge in [0, 0.05) is 39.3 Å². The Balaban J connectivity index is 1.39. The van der Waals surface area contributed by atoms with Gasteiger partial charge >= 0.3 is 0 Å². The van der Waals surface area contributed by atoms with Crippen LogP contribution in [0.1, 0.15) is 18.1 Å². The number of nitrogens with one attached hydrogen (secondary N) is 1. The highest BCUT2D eigenvalue weighted by Gasteiger charge is 2.24. The smallest absolute Gasteiger partial charge is 0.229 e. The highest BCUT2D eigenvalue weighted by Crippen LogP contribution is 2.33. The molecule has 0 radical (unpaired) electrons. The first-order valence-electron chi connectivity index (χ1n) is 11.2. The maximum absolute atomic E-state index is 11.7. The van der Waals surface area contributed by atoms with E-state index in [4.69, 9.17) is 14.5 Å². The number of fused-ring (bicyclic) bond motifs is 2. The highest BCUT2D eigenvalue weighted by atomic mass is 16.5. The molecule has 0 saturated carbocycles. The summed E-state index contributed by atoms with van der Waals surface area (Å²) in [5.74, 6) is 1.31. The van der Waals surface area contributed by atoms with Crippen molar-refractivity contribution in [3.8, 4) is 5.75 Å². The van der Waals surface area contributed by atoms with Gasteiger partial charge in [-0.05, 0) is 36.7 Å². The third-order valence-electron chi connectivity index (χ3n) is 6.31. The summed E-state index contributed by atoms with van der Waals surface area (Å²) in [4.78, 5) is 25.1. The molecule has 1 N–H and O–H groups in total. The number of aromatic nitrogens is 4. The molecule has 0 aliphatic carbocycles. The van der Waals surface area contributed by atoms with E-state index in [0.29, 0.717) is 37.8 Å². The Labute approximate surface area is 192 Å².